The maximum Gasteiger partial charge on any atom is 0.320 e. The Labute approximate surface area is 87.3 Å². The Balaban J connectivity index is 1.91. The van der Waals surface area contributed by atoms with Gasteiger partial charge < -0.3 is 10.1 Å². The first-order valence-electron chi connectivity index (χ1n) is 5.04. The van der Waals surface area contributed by atoms with Crippen LogP contribution in [0.15, 0.2) is 0 Å². The molecule has 3 fully saturated rings. The molecule has 0 aromatic rings. The number of piperidine rings is 1. The molecule has 4 nitrogen and oxygen atoms in total. The number of hydrogen-bond donors (Lipinski definition) is 1. The second kappa shape index (κ2) is 3.03. The predicted molar refractivity (Wildman–Crippen MR) is 54.2 cm³/mol. The van der Waals surface area contributed by atoms with E-state index in [4.69, 9.17) is 4.74 Å². The number of urea groups is 1. The third kappa shape index (κ3) is 1.02. The van der Waals surface area contributed by atoms with Crippen molar-refractivity contribution in [3.8, 4) is 0 Å². The zero-order valence-corrected chi connectivity index (χ0v) is 8.92. The van der Waals surface area contributed by atoms with Crippen LogP contribution in [0.5, 0.6) is 0 Å². The van der Waals surface area contributed by atoms with Gasteiger partial charge in [0.25, 0.3) is 0 Å². The number of carbonyl (C=O) groups is 1. The van der Waals surface area contributed by atoms with Crippen LogP contribution in [0.25, 0.3) is 0 Å². The second-order valence-electron chi connectivity index (χ2n) is 4.09. The monoisotopic (exact) mass is 214 g/mol. The number of ether oxygens (including phenoxy) is 1. The van der Waals surface area contributed by atoms with Crippen LogP contribution < -0.4 is 5.32 Å². The summed E-state index contributed by atoms with van der Waals surface area (Å²) in [6.45, 7) is 0. The molecule has 1 N–H and O–H groups in total. The van der Waals surface area contributed by atoms with Crippen LogP contribution in [0.1, 0.15) is 12.8 Å². The molecule has 3 aliphatic heterocycles. The molecule has 0 bridgehead atoms. The molecule has 0 aromatic heterocycles. The molecule has 0 aliphatic carbocycles. The van der Waals surface area contributed by atoms with Gasteiger partial charge >= 0.3 is 6.03 Å². The van der Waals surface area contributed by atoms with Gasteiger partial charge in [-0.05, 0) is 12.8 Å². The Morgan fingerprint density at radius 1 is 1.57 bits per heavy atom. The fraction of sp³-hybridized carbons (Fsp3) is 0.889. The Morgan fingerprint density at radius 2 is 2.43 bits per heavy atom. The van der Waals surface area contributed by atoms with Crippen molar-refractivity contribution in [3.05, 3.63) is 0 Å². The first kappa shape index (κ1) is 8.85. The molecular formula is C9H14N2O2S. The molecule has 3 aliphatic rings. The van der Waals surface area contributed by atoms with Crippen LogP contribution in [0.2, 0.25) is 0 Å². The number of methoxy groups -OCH3 is 1. The SMILES string of the molecule is COC1CCC2SCC3NC(=O)N1C32. The van der Waals surface area contributed by atoms with E-state index in [-0.39, 0.29) is 12.3 Å². The van der Waals surface area contributed by atoms with Crippen molar-refractivity contribution in [2.75, 3.05) is 12.9 Å². The number of carbonyl (C=O) groups excluding carboxylic acids is 1. The minimum Gasteiger partial charge on any atom is -0.361 e. The van der Waals surface area contributed by atoms with E-state index in [1.165, 1.54) is 6.42 Å². The van der Waals surface area contributed by atoms with Gasteiger partial charge in [-0.2, -0.15) is 11.8 Å². The van der Waals surface area contributed by atoms with Gasteiger partial charge in [0.05, 0.1) is 12.1 Å². The number of amides is 2. The number of nitrogens with zero attached hydrogens (tertiary/aromatic N) is 1. The zero-order valence-electron chi connectivity index (χ0n) is 8.10. The Morgan fingerprint density at radius 3 is 3.21 bits per heavy atom. The summed E-state index contributed by atoms with van der Waals surface area (Å²) in [4.78, 5) is 13.6. The van der Waals surface area contributed by atoms with E-state index in [1.807, 2.05) is 16.7 Å². The summed E-state index contributed by atoms with van der Waals surface area (Å²) in [5.41, 5.74) is 0. The van der Waals surface area contributed by atoms with Gasteiger partial charge in [0.2, 0.25) is 0 Å². The average molecular weight is 214 g/mol. The summed E-state index contributed by atoms with van der Waals surface area (Å²) in [6.07, 6.45) is 2.15. The number of nitrogens with one attached hydrogen (secondary N) is 1. The van der Waals surface area contributed by atoms with Gasteiger partial charge in [0.1, 0.15) is 6.23 Å². The number of thioether (sulfide) groups is 1. The lowest BCUT2D eigenvalue weighted by Crippen LogP contribution is -2.51. The van der Waals surface area contributed by atoms with Gasteiger partial charge in [-0.3, -0.25) is 4.90 Å². The minimum atomic E-state index is -0.0000463. The van der Waals surface area contributed by atoms with Gasteiger partial charge in [0, 0.05) is 18.1 Å². The normalized spacial score (nSPS) is 45.2. The van der Waals surface area contributed by atoms with E-state index >= 15 is 0 Å². The summed E-state index contributed by atoms with van der Waals surface area (Å²) in [5.74, 6) is 1.06. The zero-order chi connectivity index (χ0) is 9.71. The van der Waals surface area contributed by atoms with E-state index in [1.54, 1.807) is 7.11 Å². The Hall–Kier alpha value is -0.420. The van der Waals surface area contributed by atoms with Crippen molar-refractivity contribution in [2.24, 2.45) is 0 Å². The summed E-state index contributed by atoms with van der Waals surface area (Å²) >= 11 is 1.99. The molecule has 3 heterocycles. The molecule has 0 aromatic carbocycles. The molecule has 2 amide bonds. The highest BCUT2D eigenvalue weighted by Gasteiger charge is 2.53. The predicted octanol–water partition coefficient (Wildman–Crippen LogP) is 0.631. The van der Waals surface area contributed by atoms with E-state index in [2.05, 4.69) is 5.32 Å². The van der Waals surface area contributed by atoms with Gasteiger partial charge in [0.15, 0.2) is 0 Å². The quantitative estimate of drug-likeness (QED) is 0.651. The summed E-state index contributed by atoms with van der Waals surface area (Å²) in [6, 6.07) is 0.804. The van der Waals surface area contributed by atoms with Crippen molar-refractivity contribution in [1.29, 1.82) is 0 Å². The molecule has 0 saturated carbocycles. The van der Waals surface area contributed by atoms with E-state index in [0.717, 1.165) is 12.2 Å². The lowest BCUT2D eigenvalue weighted by Gasteiger charge is -2.38. The minimum absolute atomic E-state index is 0.0000463. The first-order valence-corrected chi connectivity index (χ1v) is 6.09. The molecule has 3 saturated heterocycles. The van der Waals surface area contributed by atoms with Crippen molar-refractivity contribution < 1.29 is 9.53 Å². The third-order valence-corrected chi connectivity index (χ3v) is 4.92. The van der Waals surface area contributed by atoms with Crippen LogP contribution in [-0.2, 0) is 4.74 Å². The lowest BCUT2D eigenvalue weighted by atomic mass is 9.98. The van der Waals surface area contributed by atoms with Crippen LogP contribution in [0.4, 0.5) is 4.79 Å². The highest BCUT2D eigenvalue weighted by Crippen LogP contribution is 2.42. The molecule has 4 unspecified atom stereocenters. The lowest BCUT2D eigenvalue weighted by molar-refractivity contribution is -0.0406. The van der Waals surface area contributed by atoms with E-state index in [9.17, 15) is 4.79 Å². The van der Waals surface area contributed by atoms with Crippen molar-refractivity contribution in [1.82, 2.24) is 10.2 Å². The van der Waals surface area contributed by atoms with Crippen LogP contribution in [0.3, 0.4) is 0 Å². The summed E-state index contributed by atoms with van der Waals surface area (Å²) in [7, 11) is 1.69. The smallest absolute Gasteiger partial charge is 0.320 e. The second-order valence-corrected chi connectivity index (χ2v) is 5.37. The molecule has 14 heavy (non-hydrogen) atoms. The fourth-order valence-electron chi connectivity index (χ4n) is 2.81. The Kier molecular flexibility index (Phi) is 1.92. The molecule has 78 valence electrons. The highest BCUT2D eigenvalue weighted by molar-refractivity contribution is 8.00. The van der Waals surface area contributed by atoms with E-state index in [0.29, 0.717) is 17.3 Å². The van der Waals surface area contributed by atoms with Crippen LogP contribution >= 0.6 is 11.8 Å². The van der Waals surface area contributed by atoms with Crippen LogP contribution in [-0.4, -0.2) is 47.4 Å². The molecule has 4 atom stereocenters. The first-order chi connectivity index (χ1) is 6.81. The summed E-state index contributed by atoms with van der Waals surface area (Å²) < 4.78 is 5.36. The van der Waals surface area contributed by atoms with Gasteiger partial charge in [-0.15, -0.1) is 0 Å². The van der Waals surface area contributed by atoms with Crippen molar-refractivity contribution in [2.45, 2.75) is 36.4 Å². The topological polar surface area (TPSA) is 41.6 Å². The fourth-order valence-corrected chi connectivity index (χ4v) is 4.36. The van der Waals surface area contributed by atoms with Gasteiger partial charge in [-0.25, -0.2) is 4.79 Å². The largest absolute Gasteiger partial charge is 0.361 e. The molecule has 0 radical (unpaired) electrons. The number of hydrogen-bond acceptors (Lipinski definition) is 3. The molecule has 3 rings (SSSR count). The van der Waals surface area contributed by atoms with E-state index < -0.39 is 0 Å². The standard InChI is InChI=1S/C9H14N2O2S/c1-13-7-3-2-6-8-5(4-14-6)10-9(12)11(7)8/h5-8H,2-4H2,1H3,(H,10,12). The van der Waals surface area contributed by atoms with Crippen LogP contribution in [0, 0.1) is 0 Å². The third-order valence-electron chi connectivity index (χ3n) is 3.43. The number of rotatable bonds is 1. The average Bonchev–Trinajstić information content (AvgIpc) is 2.73. The Bertz CT molecular complexity index is 274. The van der Waals surface area contributed by atoms with Crippen molar-refractivity contribution >= 4 is 17.8 Å². The highest BCUT2D eigenvalue weighted by atomic mass is 32.2. The van der Waals surface area contributed by atoms with Gasteiger partial charge in [-0.1, -0.05) is 0 Å². The maximum atomic E-state index is 11.7. The summed E-state index contributed by atoms with van der Waals surface area (Å²) in [5, 5.41) is 3.67. The molecule has 5 heteroatoms. The molecule has 0 spiro atoms. The maximum absolute atomic E-state index is 11.7. The van der Waals surface area contributed by atoms with Crippen molar-refractivity contribution in [3.63, 3.8) is 0 Å². The molecular weight excluding hydrogens is 200 g/mol.